The zero-order valence-electron chi connectivity index (χ0n) is 19.2. The molecule has 2 aliphatic rings. The number of carbonyl (C=O) groups is 2. The molecular formula is C26H29FN2O5. The average molecular weight is 469 g/mol. The maximum absolute atomic E-state index is 13.4. The standard InChI is InChI=1S/C26H29FN2O5/c1-2-34-21-10-6-18(7-11-21)23-22(24(30)19-4-8-20(27)9-5-19)25(31)26(32)29(23)13-3-12-28-14-16-33-17-15-28/h4-11,23,30H,2-3,12-17H2,1H3/b24-22+. The van der Waals surface area contributed by atoms with Crippen LogP contribution >= 0.6 is 0 Å². The van der Waals surface area contributed by atoms with Crippen LogP contribution in [0.5, 0.6) is 5.75 Å². The molecule has 1 atom stereocenters. The highest BCUT2D eigenvalue weighted by Gasteiger charge is 2.45. The lowest BCUT2D eigenvalue weighted by molar-refractivity contribution is -0.140. The minimum Gasteiger partial charge on any atom is -0.507 e. The van der Waals surface area contributed by atoms with Gasteiger partial charge in [-0.15, -0.1) is 0 Å². The van der Waals surface area contributed by atoms with Gasteiger partial charge in [0.1, 0.15) is 17.3 Å². The number of benzene rings is 2. The van der Waals surface area contributed by atoms with Gasteiger partial charge in [-0.05, 0) is 55.3 Å². The van der Waals surface area contributed by atoms with E-state index in [1.807, 2.05) is 6.92 Å². The van der Waals surface area contributed by atoms with Gasteiger partial charge in [-0.3, -0.25) is 14.5 Å². The summed E-state index contributed by atoms with van der Waals surface area (Å²) < 4.78 is 24.3. The van der Waals surface area contributed by atoms with Crippen LogP contribution in [0.2, 0.25) is 0 Å². The van der Waals surface area contributed by atoms with Crippen molar-refractivity contribution >= 4 is 17.4 Å². The number of hydrogen-bond donors (Lipinski definition) is 1. The average Bonchev–Trinajstić information content (AvgIpc) is 3.10. The largest absolute Gasteiger partial charge is 0.507 e. The Kier molecular flexibility index (Phi) is 7.59. The third-order valence-corrected chi connectivity index (χ3v) is 6.14. The monoisotopic (exact) mass is 468 g/mol. The van der Waals surface area contributed by atoms with E-state index in [0.717, 1.165) is 19.6 Å². The minimum atomic E-state index is -0.745. The van der Waals surface area contributed by atoms with E-state index in [1.165, 1.54) is 29.2 Å². The van der Waals surface area contributed by atoms with Gasteiger partial charge >= 0.3 is 0 Å². The number of ether oxygens (including phenoxy) is 2. The molecule has 0 aliphatic carbocycles. The molecule has 1 amide bonds. The molecule has 0 aromatic heterocycles. The number of aliphatic hydroxyl groups excluding tert-OH is 1. The lowest BCUT2D eigenvalue weighted by atomic mass is 9.95. The summed E-state index contributed by atoms with van der Waals surface area (Å²) in [6.45, 7) is 6.60. The van der Waals surface area contributed by atoms with Crippen molar-refractivity contribution in [1.82, 2.24) is 9.80 Å². The highest BCUT2D eigenvalue weighted by molar-refractivity contribution is 6.46. The van der Waals surface area contributed by atoms with E-state index in [1.54, 1.807) is 24.3 Å². The molecule has 2 aromatic rings. The van der Waals surface area contributed by atoms with Crippen LogP contribution in [0, 0.1) is 5.82 Å². The Morgan fingerprint density at radius 1 is 1.06 bits per heavy atom. The van der Waals surface area contributed by atoms with Gasteiger partial charge < -0.3 is 19.5 Å². The minimum absolute atomic E-state index is 0.00661. The third-order valence-electron chi connectivity index (χ3n) is 6.14. The van der Waals surface area contributed by atoms with E-state index in [2.05, 4.69) is 4.90 Å². The molecule has 0 bridgehead atoms. The number of Topliss-reactive ketones (excluding diaryl/α,β-unsaturated/α-hetero) is 1. The van der Waals surface area contributed by atoms with Crippen LogP contribution in [-0.4, -0.2) is 72.6 Å². The number of hydrogen-bond acceptors (Lipinski definition) is 6. The van der Waals surface area contributed by atoms with Crippen molar-refractivity contribution in [3.8, 4) is 5.75 Å². The number of aliphatic hydroxyl groups is 1. The predicted octanol–water partition coefficient (Wildman–Crippen LogP) is 3.37. The second-order valence-electron chi connectivity index (χ2n) is 8.31. The zero-order valence-corrected chi connectivity index (χ0v) is 19.2. The van der Waals surface area contributed by atoms with Gasteiger partial charge in [0.2, 0.25) is 0 Å². The Hall–Kier alpha value is -3.23. The quantitative estimate of drug-likeness (QED) is 0.364. The first-order valence-corrected chi connectivity index (χ1v) is 11.6. The van der Waals surface area contributed by atoms with Gasteiger partial charge in [-0.2, -0.15) is 0 Å². The first-order chi connectivity index (χ1) is 16.5. The number of nitrogens with zero attached hydrogens (tertiary/aromatic N) is 2. The molecule has 2 aliphatic heterocycles. The van der Waals surface area contributed by atoms with Crippen molar-refractivity contribution in [2.45, 2.75) is 19.4 Å². The van der Waals surface area contributed by atoms with Crippen LogP contribution in [0.1, 0.15) is 30.5 Å². The Morgan fingerprint density at radius 2 is 1.74 bits per heavy atom. The number of likely N-dealkylation sites (tertiary alicyclic amines) is 1. The maximum Gasteiger partial charge on any atom is 0.295 e. The number of morpholine rings is 1. The summed E-state index contributed by atoms with van der Waals surface area (Å²) in [6.07, 6.45) is 0.678. The first kappa shape index (κ1) is 23.9. The highest BCUT2D eigenvalue weighted by Crippen LogP contribution is 2.40. The van der Waals surface area contributed by atoms with Gasteiger partial charge in [0.25, 0.3) is 11.7 Å². The van der Waals surface area contributed by atoms with E-state index in [9.17, 15) is 19.1 Å². The molecule has 0 saturated carbocycles. The summed E-state index contributed by atoms with van der Waals surface area (Å²) in [5.74, 6) is -1.48. The summed E-state index contributed by atoms with van der Waals surface area (Å²) in [7, 11) is 0. The molecule has 4 rings (SSSR count). The van der Waals surface area contributed by atoms with Crippen LogP contribution < -0.4 is 4.74 Å². The maximum atomic E-state index is 13.4. The molecule has 34 heavy (non-hydrogen) atoms. The normalized spacial score (nSPS) is 20.6. The molecule has 2 heterocycles. The van der Waals surface area contributed by atoms with Gasteiger partial charge in [-0.1, -0.05) is 12.1 Å². The molecule has 2 fully saturated rings. The van der Waals surface area contributed by atoms with Gasteiger partial charge in [0, 0.05) is 31.7 Å². The fourth-order valence-corrected chi connectivity index (χ4v) is 4.42. The topological polar surface area (TPSA) is 79.3 Å². The van der Waals surface area contributed by atoms with Crippen LogP contribution in [0.15, 0.2) is 54.1 Å². The smallest absolute Gasteiger partial charge is 0.295 e. The van der Waals surface area contributed by atoms with Crippen molar-refractivity contribution in [3.63, 3.8) is 0 Å². The molecule has 0 spiro atoms. The second kappa shape index (κ2) is 10.8. The van der Waals surface area contributed by atoms with E-state index >= 15 is 0 Å². The van der Waals surface area contributed by atoms with Gasteiger partial charge in [0.05, 0.1) is 31.4 Å². The van der Waals surface area contributed by atoms with E-state index < -0.39 is 23.5 Å². The molecule has 1 N–H and O–H groups in total. The van der Waals surface area contributed by atoms with Crippen molar-refractivity contribution in [1.29, 1.82) is 0 Å². The lowest BCUT2D eigenvalue weighted by Crippen LogP contribution is -2.38. The third kappa shape index (κ3) is 5.13. The molecule has 180 valence electrons. The van der Waals surface area contributed by atoms with Crippen LogP contribution in [0.3, 0.4) is 0 Å². The fourth-order valence-electron chi connectivity index (χ4n) is 4.42. The first-order valence-electron chi connectivity index (χ1n) is 11.6. The van der Waals surface area contributed by atoms with E-state index in [-0.39, 0.29) is 16.9 Å². The molecule has 1 unspecified atom stereocenters. The van der Waals surface area contributed by atoms with Crippen molar-refractivity contribution in [3.05, 3.63) is 71.0 Å². The Balaban J connectivity index is 1.66. The van der Waals surface area contributed by atoms with Crippen LogP contribution in [0.25, 0.3) is 5.76 Å². The second-order valence-corrected chi connectivity index (χ2v) is 8.31. The van der Waals surface area contributed by atoms with Crippen LogP contribution in [-0.2, 0) is 14.3 Å². The molecule has 2 aromatic carbocycles. The molecule has 0 radical (unpaired) electrons. The number of rotatable bonds is 8. The van der Waals surface area contributed by atoms with Crippen molar-refractivity contribution < 1.29 is 28.6 Å². The SMILES string of the molecule is CCOc1ccc(C2/C(=C(\O)c3ccc(F)cc3)C(=O)C(=O)N2CCCN2CCOCC2)cc1. The Labute approximate surface area is 198 Å². The van der Waals surface area contributed by atoms with E-state index in [4.69, 9.17) is 9.47 Å². The molecule has 8 heteroatoms. The summed E-state index contributed by atoms with van der Waals surface area (Å²) >= 11 is 0. The van der Waals surface area contributed by atoms with Gasteiger partial charge in [-0.25, -0.2) is 4.39 Å². The lowest BCUT2D eigenvalue weighted by Gasteiger charge is -2.29. The Bertz CT molecular complexity index is 1050. The molecule has 7 nitrogen and oxygen atoms in total. The van der Waals surface area contributed by atoms with Crippen molar-refractivity contribution in [2.75, 3.05) is 46.0 Å². The number of halogens is 1. The summed E-state index contributed by atoms with van der Waals surface area (Å²) in [4.78, 5) is 29.9. The van der Waals surface area contributed by atoms with Crippen LogP contribution in [0.4, 0.5) is 4.39 Å². The number of carbonyl (C=O) groups excluding carboxylic acids is 2. The highest BCUT2D eigenvalue weighted by atomic mass is 19.1. The number of amides is 1. The number of ketones is 1. The van der Waals surface area contributed by atoms with Crippen molar-refractivity contribution in [2.24, 2.45) is 0 Å². The molecular weight excluding hydrogens is 439 g/mol. The Morgan fingerprint density at radius 3 is 2.38 bits per heavy atom. The summed E-state index contributed by atoms with van der Waals surface area (Å²) in [5.41, 5.74) is 0.980. The predicted molar refractivity (Wildman–Crippen MR) is 125 cm³/mol. The van der Waals surface area contributed by atoms with Gasteiger partial charge in [0.15, 0.2) is 0 Å². The molecule has 2 saturated heterocycles. The summed E-state index contributed by atoms with van der Waals surface area (Å²) in [6, 6.07) is 11.6. The fraction of sp³-hybridized carbons (Fsp3) is 0.385. The zero-order chi connectivity index (χ0) is 24.1. The summed E-state index contributed by atoms with van der Waals surface area (Å²) in [5, 5.41) is 11.0. The van der Waals surface area contributed by atoms with E-state index in [0.29, 0.717) is 44.1 Å².